The van der Waals surface area contributed by atoms with Gasteiger partial charge in [0.25, 0.3) is 5.70 Å². The van der Waals surface area contributed by atoms with E-state index in [1.807, 2.05) is 13.8 Å². The molecule has 15 heavy (non-hydrogen) atoms. The van der Waals surface area contributed by atoms with Crippen molar-refractivity contribution >= 4 is 0 Å². The molecule has 0 aromatic rings. The normalized spacial score (nSPS) is 18.7. The van der Waals surface area contributed by atoms with E-state index in [1.165, 1.54) is 0 Å². The van der Waals surface area contributed by atoms with Crippen LogP contribution in [-0.4, -0.2) is 36.1 Å². The molecule has 1 fully saturated rings. The molecule has 0 spiro atoms. The lowest BCUT2D eigenvalue weighted by molar-refractivity contribution is -0.430. The van der Waals surface area contributed by atoms with Crippen molar-refractivity contribution in [1.29, 1.82) is 0 Å². The van der Waals surface area contributed by atoms with Crippen LogP contribution < -0.4 is 0 Å². The van der Waals surface area contributed by atoms with E-state index in [0.717, 1.165) is 18.8 Å². The van der Waals surface area contributed by atoms with Crippen molar-refractivity contribution in [1.82, 2.24) is 4.90 Å². The molecule has 0 N–H and O–H groups in total. The van der Waals surface area contributed by atoms with Crippen LogP contribution in [0.2, 0.25) is 0 Å². The molecule has 86 valence electrons. The van der Waals surface area contributed by atoms with Crippen LogP contribution in [0, 0.1) is 10.1 Å². The van der Waals surface area contributed by atoms with Gasteiger partial charge in [-0.15, -0.1) is 0 Å². The van der Waals surface area contributed by atoms with Gasteiger partial charge in [0.2, 0.25) is 0 Å². The largest absolute Gasteiger partial charge is 0.378 e. The average molecular weight is 214 g/mol. The molecule has 0 saturated carbocycles. The fourth-order valence-corrected chi connectivity index (χ4v) is 1.88. The third-order valence-electron chi connectivity index (χ3n) is 2.62. The standard InChI is InChI=1S/C10H18N2O3/c1-3-9(10(4-2)12(13)14)11-5-7-15-8-6-11/h3-8H2,1-2H3/b10-9+. The monoisotopic (exact) mass is 214 g/mol. The van der Waals surface area contributed by atoms with Crippen LogP contribution in [-0.2, 0) is 4.74 Å². The van der Waals surface area contributed by atoms with Crippen molar-refractivity contribution in [2.75, 3.05) is 26.3 Å². The second-order valence-corrected chi connectivity index (χ2v) is 3.46. The lowest BCUT2D eigenvalue weighted by atomic mass is 10.2. The first kappa shape index (κ1) is 12.0. The molecule has 0 unspecified atom stereocenters. The highest BCUT2D eigenvalue weighted by Gasteiger charge is 2.21. The lowest BCUT2D eigenvalue weighted by Gasteiger charge is -2.30. The molecule has 1 aliphatic heterocycles. The summed E-state index contributed by atoms with van der Waals surface area (Å²) in [6.45, 7) is 6.65. The topological polar surface area (TPSA) is 55.6 Å². The fourth-order valence-electron chi connectivity index (χ4n) is 1.88. The third kappa shape index (κ3) is 2.92. The molecule has 0 radical (unpaired) electrons. The van der Waals surface area contributed by atoms with E-state index >= 15 is 0 Å². The summed E-state index contributed by atoms with van der Waals surface area (Å²) in [5.41, 5.74) is 1.21. The molecule has 5 nitrogen and oxygen atoms in total. The minimum absolute atomic E-state index is 0.256. The van der Waals surface area contributed by atoms with Crippen molar-refractivity contribution in [2.45, 2.75) is 26.7 Å². The van der Waals surface area contributed by atoms with E-state index in [9.17, 15) is 10.1 Å². The van der Waals surface area contributed by atoms with E-state index in [0.29, 0.717) is 31.8 Å². The first-order valence-corrected chi connectivity index (χ1v) is 5.39. The van der Waals surface area contributed by atoms with Crippen molar-refractivity contribution in [3.05, 3.63) is 21.5 Å². The van der Waals surface area contributed by atoms with Crippen molar-refractivity contribution in [3.63, 3.8) is 0 Å². The molecule has 1 aliphatic rings. The Hall–Kier alpha value is -1.10. The summed E-state index contributed by atoms with van der Waals surface area (Å²) >= 11 is 0. The van der Waals surface area contributed by atoms with Crippen LogP contribution in [0.15, 0.2) is 11.4 Å². The number of allylic oxidation sites excluding steroid dienone is 2. The van der Waals surface area contributed by atoms with Crippen molar-refractivity contribution < 1.29 is 9.66 Å². The lowest BCUT2D eigenvalue weighted by Crippen LogP contribution is -2.36. The van der Waals surface area contributed by atoms with Gasteiger partial charge in [-0.2, -0.15) is 0 Å². The summed E-state index contributed by atoms with van der Waals surface area (Å²) in [5.74, 6) is 0. The summed E-state index contributed by atoms with van der Waals surface area (Å²) in [5, 5.41) is 10.9. The Labute approximate surface area is 89.9 Å². The van der Waals surface area contributed by atoms with Gasteiger partial charge < -0.3 is 9.64 Å². The van der Waals surface area contributed by atoms with Crippen LogP contribution in [0.4, 0.5) is 0 Å². The van der Waals surface area contributed by atoms with Gasteiger partial charge in [0.05, 0.1) is 23.8 Å². The maximum Gasteiger partial charge on any atom is 0.264 e. The van der Waals surface area contributed by atoms with E-state index in [4.69, 9.17) is 4.74 Å². The molecular weight excluding hydrogens is 196 g/mol. The molecular formula is C10H18N2O3. The Bertz CT molecular complexity index is 257. The molecule has 0 bridgehead atoms. The second-order valence-electron chi connectivity index (χ2n) is 3.46. The van der Waals surface area contributed by atoms with E-state index in [1.54, 1.807) is 0 Å². The molecule has 0 aromatic carbocycles. The van der Waals surface area contributed by atoms with Crippen LogP contribution in [0.25, 0.3) is 0 Å². The Morgan fingerprint density at radius 3 is 2.33 bits per heavy atom. The van der Waals surface area contributed by atoms with E-state index in [2.05, 4.69) is 4.90 Å². The Morgan fingerprint density at radius 2 is 1.93 bits per heavy atom. The number of ether oxygens (including phenoxy) is 1. The summed E-state index contributed by atoms with van der Waals surface area (Å²) in [7, 11) is 0. The van der Waals surface area contributed by atoms with E-state index in [-0.39, 0.29) is 4.92 Å². The summed E-state index contributed by atoms with van der Waals surface area (Å²) in [4.78, 5) is 12.7. The minimum atomic E-state index is -0.256. The number of rotatable bonds is 4. The van der Waals surface area contributed by atoms with Gasteiger partial charge in [-0.3, -0.25) is 10.1 Å². The fraction of sp³-hybridized carbons (Fsp3) is 0.800. The average Bonchev–Trinajstić information content (AvgIpc) is 2.26. The SMILES string of the molecule is CC/C(=C(/CC)[N+](=O)[O-])N1CCOCC1. The molecule has 0 aliphatic carbocycles. The summed E-state index contributed by atoms with van der Waals surface area (Å²) in [6, 6.07) is 0. The predicted octanol–water partition coefficient (Wildman–Crippen LogP) is 1.63. The Morgan fingerprint density at radius 1 is 1.33 bits per heavy atom. The smallest absolute Gasteiger partial charge is 0.264 e. The Balaban J connectivity index is 2.87. The highest BCUT2D eigenvalue weighted by Crippen LogP contribution is 2.18. The number of hydrogen-bond acceptors (Lipinski definition) is 4. The number of hydrogen-bond donors (Lipinski definition) is 0. The molecule has 0 atom stereocenters. The second kappa shape index (κ2) is 5.70. The molecule has 1 saturated heterocycles. The van der Waals surface area contributed by atoms with Gasteiger partial charge in [0, 0.05) is 19.5 Å². The molecule has 1 heterocycles. The number of morpholine rings is 1. The molecule has 0 aromatic heterocycles. The van der Waals surface area contributed by atoms with Crippen molar-refractivity contribution in [2.24, 2.45) is 0 Å². The van der Waals surface area contributed by atoms with Gasteiger partial charge in [0.15, 0.2) is 0 Å². The molecule has 0 amide bonds. The van der Waals surface area contributed by atoms with Crippen molar-refractivity contribution in [3.8, 4) is 0 Å². The van der Waals surface area contributed by atoms with Crippen LogP contribution in [0.3, 0.4) is 0 Å². The predicted molar refractivity (Wildman–Crippen MR) is 57.0 cm³/mol. The summed E-state index contributed by atoms with van der Waals surface area (Å²) in [6.07, 6.45) is 1.19. The van der Waals surface area contributed by atoms with E-state index < -0.39 is 0 Å². The van der Waals surface area contributed by atoms with Gasteiger partial charge in [0.1, 0.15) is 0 Å². The number of nitrogens with zero attached hydrogens (tertiary/aromatic N) is 2. The Kier molecular flexibility index (Phi) is 4.55. The zero-order chi connectivity index (χ0) is 11.3. The maximum atomic E-state index is 10.9. The van der Waals surface area contributed by atoms with Crippen LogP contribution >= 0.6 is 0 Å². The van der Waals surface area contributed by atoms with Gasteiger partial charge in [-0.25, -0.2) is 0 Å². The minimum Gasteiger partial charge on any atom is -0.378 e. The first-order valence-electron chi connectivity index (χ1n) is 5.39. The zero-order valence-electron chi connectivity index (χ0n) is 9.36. The van der Waals surface area contributed by atoms with Gasteiger partial charge >= 0.3 is 0 Å². The molecule has 1 rings (SSSR count). The van der Waals surface area contributed by atoms with Crippen LogP contribution in [0.5, 0.6) is 0 Å². The highest BCUT2D eigenvalue weighted by molar-refractivity contribution is 5.07. The van der Waals surface area contributed by atoms with Crippen LogP contribution in [0.1, 0.15) is 26.7 Å². The van der Waals surface area contributed by atoms with Gasteiger partial charge in [-0.1, -0.05) is 13.8 Å². The first-order chi connectivity index (χ1) is 7.20. The van der Waals surface area contributed by atoms with Gasteiger partial charge in [-0.05, 0) is 6.42 Å². The molecule has 5 heteroatoms. The third-order valence-corrected chi connectivity index (χ3v) is 2.62. The maximum absolute atomic E-state index is 10.9. The quantitative estimate of drug-likeness (QED) is 0.527. The summed E-state index contributed by atoms with van der Waals surface area (Å²) < 4.78 is 5.23. The number of nitro groups is 1. The highest BCUT2D eigenvalue weighted by atomic mass is 16.6. The zero-order valence-corrected chi connectivity index (χ0v) is 9.36.